The van der Waals surface area contributed by atoms with Crippen LogP contribution in [-0.2, 0) is 4.74 Å². The summed E-state index contributed by atoms with van der Waals surface area (Å²) in [5.41, 5.74) is 1.03. The SMILES string of the molecule is CCCOCCNc1cccc2c(O)cccc12. The van der Waals surface area contributed by atoms with Gasteiger partial charge in [0, 0.05) is 29.6 Å². The Balaban J connectivity index is 2.07. The molecule has 0 aliphatic rings. The van der Waals surface area contributed by atoms with Crippen LogP contribution in [0.1, 0.15) is 13.3 Å². The number of aromatic hydroxyl groups is 1. The number of nitrogens with one attached hydrogen (secondary N) is 1. The van der Waals surface area contributed by atoms with Gasteiger partial charge in [0.25, 0.3) is 0 Å². The van der Waals surface area contributed by atoms with Crippen LogP contribution in [0.2, 0.25) is 0 Å². The Morgan fingerprint density at radius 1 is 1.06 bits per heavy atom. The van der Waals surface area contributed by atoms with Gasteiger partial charge in [-0.1, -0.05) is 31.2 Å². The van der Waals surface area contributed by atoms with Crippen LogP contribution in [0.4, 0.5) is 5.69 Å². The van der Waals surface area contributed by atoms with Crippen molar-refractivity contribution in [2.75, 3.05) is 25.1 Å². The Labute approximate surface area is 107 Å². The van der Waals surface area contributed by atoms with Gasteiger partial charge in [-0.25, -0.2) is 0 Å². The van der Waals surface area contributed by atoms with Crippen molar-refractivity contribution in [3.05, 3.63) is 36.4 Å². The number of anilines is 1. The Morgan fingerprint density at radius 2 is 1.83 bits per heavy atom. The third kappa shape index (κ3) is 2.93. The fraction of sp³-hybridized carbons (Fsp3) is 0.333. The Kier molecular flexibility index (Phi) is 4.42. The summed E-state index contributed by atoms with van der Waals surface area (Å²) in [5, 5.41) is 15.0. The predicted molar refractivity (Wildman–Crippen MR) is 75.2 cm³/mol. The summed E-state index contributed by atoms with van der Waals surface area (Å²) in [7, 11) is 0. The van der Waals surface area contributed by atoms with Crippen molar-refractivity contribution in [3.8, 4) is 5.75 Å². The number of fused-ring (bicyclic) bond motifs is 1. The quantitative estimate of drug-likeness (QED) is 0.766. The molecular formula is C15H19NO2. The normalized spacial score (nSPS) is 10.7. The Morgan fingerprint density at radius 3 is 2.67 bits per heavy atom. The number of hydrogen-bond acceptors (Lipinski definition) is 3. The molecule has 0 fully saturated rings. The third-order valence-electron chi connectivity index (χ3n) is 2.81. The molecule has 0 bridgehead atoms. The molecule has 3 heteroatoms. The summed E-state index contributed by atoms with van der Waals surface area (Å²) in [6.07, 6.45) is 1.04. The standard InChI is InChI=1S/C15H19NO2/c1-2-10-18-11-9-16-14-7-3-6-13-12(14)5-4-8-15(13)17/h3-8,16-17H,2,9-11H2,1H3. The van der Waals surface area contributed by atoms with Crippen molar-refractivity contribution in [1.29, 1.82) is 0 Å². The maximum Gasteiger partial charge on any atom is 0.123 e. The van der Waals surface area contributed by atoms with Gasteiger partial charge >= 0.3 is 0 Å². The number of phenols is 1. The van der Waals surface area contributed by atoms with Crippen LogP contribution >= 0.6 is 0 Å². The molecule has 2 aromatic rings. The number of phenolic OH excluding ortho intramolecular Hbond substituents is 1. The van der Waals surface area contributed by atoms with Crippen molar-refractivity contribution >= 4 is 16.5 Å². The first-order chi connectivity index (χ1) is 8.83. The van der Waals surface area contributed by atoms with Crippen molar-refractivity contribution in [2.45, 2.75) is 13.3 Å². The monoisotopic (exact) mass is 245 g/mol. The molecule has 0 aliphatic carbocycles. The van der Waals surface area contributed by atoms with Gasteiger partial charge < -0.3 is 15.2 Å². The highest BCUT2D eigenvalue weighted by atomic mass is 16.5. The topological polar surface area (TPSA) is 41.5 Å². The van der Waals surface area contributed by atoms with Crippen LogP contribution in [-0.4, -0.2) is 24.9 Å². The zero-order chi connectivity index (χ0) is 12.8. The molecule has 0 aliphatic heterocycles. The van der Waals surface area contributed by atoms with E-state index < -0.39 is 0 Å². The first-order valence-electron chi connectivity index (χ1n) is 6.35. The van der Waals surface area contributed by atoms with Crippen molar-refractivity contribution in [1.82, 2.24) is 0 Å². The van der Waals surface area contributed by atoms with Crippen molar-refractivity contribution in [3.63, 3.8) is 0 Å². The second-order valence-corrected chi connectivity index (χ2v) is 4.22. The number of ether oxygens (including phenoxy) is 1. The first kappa shape index (κ1) is 12.7. The highest BCUT2D eigenvalue weighted by Crippen LogP contribution is 2.29. The zero-order valence-electron chi connectivity index (χ0n) is 10.6. The lowest BCUT2D eigenvalue weighted by Gasteiger charge is -2.10. The molecule has 0 atom stereocenters. The van der Waals surface area contributed by atoms with Gasteiger partial charge in [-0.3, -0.25) is 0 Å². The largest absolute Gasteiger partial charge is 0.507 e. The molecule has 0 heterocycles. The van der Waals surface area contributed by atoms with Crippen LogP contribution in [0.5, 0.6) is 5.75 Å². The van der Waals surface area contributed by atoms with Crippen molar-refractivity contribution in [2.24, 2.45) is 0 Å². The van der Waals surface area contributed by atoms with E-state index in [4.69, 9.17) is 4.74 Å². The fourth-order valence-corrected chi connectivity index (χ4v) is 1.95. The van der Waals surface area contributed by atoms with Gasteiger partial charge in [0.2, 0.25) is 0 Å². The molecule has 2 N–H and O–H groups in total. The molecule has 0 unspecified atom stereocenters. The minimum atomic E-state index is 0.318. The summed E-state index contributed by atoms with van der Waals surface area (Å²) in [6, 6.07) is 11.4. The molecule has 0 aromatic heterocycles. The van der Waals surface area contributed by atoms with Gasteiger partial charge in [0.15, 0.2) is 0 Å². The number of rotatable bonds is 6. The second-order valence-electron chi connectivity index (χ2n) is 4.22. The summed E-state index contributed by atoms with van der Waals surface area (Å²) in [6.45, 7) is 4.37. The lowest BCUT2D eigenvalue weighted by Crippen LogP contribution is -2.09. The molecule has 2 rings (SSSR count). The maximum atomic E-state index is 9.78. The van der Waals surface area contributed by atoms with Crippen LogP contribution < -0.4 is 5.32 Å². The van der Waals surface area contributed by atoms with Crippen LogP contribution in [0, 0.1) is 0 Å². The van der Waals surface area contributed by atoms with E-state index >= 15 is 0 Å². The minimum Gasteiger partial charge on any atom is -0.507 e. The van der Waals surface area contributed by atoms with Crippen LogP contribution in [0.15, 0.2) is 36.4 Å². The summed E-state index contributed by atoms with van der Waals surface area (Å²) in [4.78, 5) is 0. The Bertz CT molecular complexity index is 511. The van der Waals surface area contributed by atoms with Gasteiger partial charge in [-0.15, -0.1) is 0 Å². The molecule has 18 heavy (non-hydrogen) atoms. The van der Waals surface area contributed by atoms with Gasteiger partial charge in [0.1, 0.15) is 5.75 Å². The average Bonchev–Trinajstić information content (AvgIpc) is 2.39. The number of benzene rings is 2. The lowest BCUT2D eigenvalue weighted by atomic mass is 10.1. The van der Waals surface area contributed by atoms with E-state index in [1.807, 2.05) is 30.3 Å². The van der Waals surface area contributed by atoms with Gasteiger partial charge in [-0.05, 0) is 18.6 Å². The van der Waals surface area contributed by atoms with E-state index in [-0.39, 0.29) is 0 Å². The molecule has 0 saturated heterocycles. The van der Waals surface area contributed by atoms with E-state index in [0.29, 0.717) is 12.4 Å². The van der Waals surface area contributed by atoms with Crippen LogP contribution in [0.25, 0.3) is 10.8 Å². The zero-order valence-corrected chi connectivity index (χ0v) is 10.6. The molecule has 0 amide bonds. The smallest absolute Gasteiger partial charge is 0.123 e. The fourth-order valence-electron chi connectivity index (χ4n) is 1.95. The molecule has 0 saturated carbocycles. The molecule has 3 nitrogen and oxygen atoms in total. The molecule has 0 radical (unpaired) electrons. The highest BCUT2D eigenvalue weighted by molar-refractivity contribution is 5.97. The second kappa shape index (κ2) is 6.26. The van der Waals surface area contributed by atoms with Gasteiger partial charge in [-0.2, -0.15) is 0 Å². The molecule has 96 valence electrons. The predicted octanol–water partition coefficient (Wildman–Crippen LogP) is 3.38. The highest BCUT2D eigenvalue weighted by Gasteiger charge is 2.02. The average molecular weight is 245 g/mol. The molecule has 2 aromatic carbocycles. The van der Waals surface area contributed by atoms with Gasteiger partial charge in [0.05, 0.1) is 6.61 Å². The molecule has 0 spiro atoms. The maximum absolute atomic E-state index is 9.78. The minimum absolute atomic E-state index is 0.318. The lowest BCUT2D eigenvalue weighted by molar-refractivity contribution is 0.144. The number of hydrogen-bond donors (Lipinski definition) is 2. The summed E-state index contributed by atoms with van der Waals surface area (Å²) < 4.78 is 5.43. The van der Waals surface area contributed by atoms with E-state index in [1.165, 1.54) is 0 Å². The van der Waals surface area contributed by atoms with E-state index in [2.05, 4.69) is 12.2 Å². The van der Waals surface area contributed by atoms with E-state index in [9.17, 15) is 5.11 Å². The van der Waals surface area contributed by atoms with Crippen LogP contribution in [0.3, 0.4) is 0 Å². The van der Waals surface area contributed by atoms with E-state index in [0.717, 1.165) is 36.0 Å². The first-order valence-corrected chi connectivity index (χ1v) is 6.35. The Hall–Kier alpha value is -1.74. The summed E-state index contributed by atoms with van der Waals surface area (Å²) >= 11 is 0. The van der Waals surface area contributed by atoms with E-state index in [1.54, 1.807) is 6.07 Å². The third-order valence-corrected chi connectivity index (χ3v) is 2.81. The summed E-state index contributed by atoms with van der Waals surface area (Å²) in [5.74, 6) is 0.318. The molecular weight excluding hydrogens is 226 g/mol. The van der Waals surface area contributed by atoms with Crippen molar-refractivity contribution < 1.29 is 9.84 Å².